The molecule has 0 heterocycles. The van der Waals surface area contributed by atoms with Gasteiger partial charge in [-0.25, -0.2) is 0 Å². The van der Waals surface area contributed by atoms with Crippen LogP contribution in [0, 0.1) is 0 Å². The molecule has 0 amide bonds. The van der Waals surface area contributed by atoms with Crippen LogP contribution in [0.1, 0.15) is 0 Å². The zero-order chi connectivity index (χ0) is 12.4. The topological polar surface area (TPSA) is 101 Å². The second-order valence-corrected chi connectivity index (χ2v) is 6.82. The van der Waals surface area contributed by atoms with Crippen molar-refractivity contribution in [1.82, 2.24) is 0 Å². The number of halogens is 1. The Hall–Kier alpha value is -0.240. The monoisotopic (exact) mass is 330 g/mol. The van der Waals surface area contributed by atoms with Gasteiger partial charge < -0.3 is 9.79 Å². The molecule has 1 rings (SSSR count). The Bertz CT molecular complexity index is 521. The molecule has 16 heavy (non-hydrogen) atoms. The minimum Gasteiger partial charge on any atom is -0.323 e. The van der Waals surface area contributed by atoms with Gasteiger partial charge in [0.1, 0.15) is 4.90 Å². The van der Waals surface area contributed by atoms with E-state index in [1.807, 2.05) is 0 Å². The summed E-state index contributed by atoms with van der Waals surface area (Å²) in [6.45, 7) is 0. The van der Waals surface area contributed by atoms with Gasteiger partial charge in [0.2, 0.25) is 0 Å². The molecule has 90 valence electrons. The second kappa shape index (κ2) is 4.95. The highest BCUT2D eigenvalue weighted by atomic mass is 79.9. The summed E-state index contributed by atoms with van der Waals surface area (Å²) >= 11 is 3.00. The van der Waals surface area contributed by atoms with Crippen LogP contribution in [0.25, 0.3) is 0 Å². The lowest BCUT2D eigenvalue weighted by molar-refractivity contribution is 0.301. The van der Waals surface area contributed by atoms with Gasteiger partial charge >= 0.3 is 7.60 Å². The summed E-state index contributed by atoms with van der Waals surface area (Å²) in [5, 5.41) is 0. The first-order chi connectivity index (χ1) is 7.22. The third-order valence-corrected chi connectivity index (χ3v) is 4.40. The molecule has 0 bridgehead atoms. The van der Waals surface area contributed by atoms with Gasteiger partial charge in [-0.05, 0) is 28.1 Å². The van der Waals surface area contributed by atoms with Crippen molar-refractivity contribution >= 4 is 33.6 Å². The van der Waals surface area contributed by atoms with Crippen LogP contribution in [0.5, 0.6) is 0 Å². The van der Waals surface area contributed by atoms with E-state index < -0.39 is 24.1 Å². The maximum absolute atomic E-state index is 11.5. The van der Waals surface area contributed by atoms with Crippen molar-refractivity contribution in [3.63, 3.8) is 0 Å². The Labute approximate surface area is 101 Å². The summed E-state index contributed by atoms with van der Waals surface area (Å²) < 4.78 is 38.0. The Morgan fingerprint density at radius 3 is 2.38 bits per heavy atom. The molecule has 0 aromatic heterocycles. The molecule has 1 aromatic rings. The number of benzene rings is 1. The smallest absolute Gasteiger partial charge is 0.323 e. The number of hydrogen-bond donors (Lipinski definition) is 2. The van der Waals surface area contributed by atoms with Gasteiger partial charge in [0, 0.05) is 4.47 Å². The van der Waals surface area contributed by atoms with Crippen molar-refractivity contribution in [2.24, 2.45) is 0 Å². The van der Waals surface area contributed by atoms with Gasteiger partial charge in [0.25, 0.3) is 10.1 Å². The SMILES string of the molecule is O=P(O)(O)COS(=O)(=O)c1ccccc1Br. The van der Waals surface area contributed by atoms with Crippen LogP contribution in [0.3, 0.4) is 0 Å². The Kier molecular flexibility index (Phi) is 4.28. The average Bonchev–Trinajstić information content (AvgIpc) is 2.14. The first kappa shape index (κ1) is 13.8. The fraction of sp³-hybridized carbons (Fsp3) is 0.143. The summed E-state index contributed by atoms with van der Waals surface area (Å²) in [7, 11) is -8.68. The Morgan fingerprint density at radius 2 is 1.88 bits per heavy atom. The Morgan fingerprint density at radius 1 is 1.31 bits per heavy atom. The average molecular weight is 331 g/mol. The third-order valence-electron chi connectivity index (χ3n) is 1.48. The lowest BCUT2D eigenvalue weighted by atomic mass is 10.4. The van der Waals surface area contributed by atoms with Gasteiger partial charge in [-0.2, -0.15) is 8.42 Å². The third kappa shape index (κ3) is 3.97. The molecule has 0 spiro atoms. The predicted molar refractivity (Wildman–Crippen MR) is 59.3 cm³/mol. The van der Waals surface area contributed by atoms with Gasteiger partial charge in [0.15, 0.2) is 6.35 Å². The predicted octanol–water partition coefficient (Wildman–Crippen LogP) is 1.29. The minimum atomic E-state index is -4.51. The van der Waals surface area contributed by atoms with Crippen molar-refractivity contribution in [1.29, 1.82) is 0 Å². The van der Waals surface area contributed by atoms with E-state index in [4.69, 9.17) is 9.79 Å². The van der Waals surface area contributed by atoms with E-state index in [-0.39, 0.29) is 9.37 Å². The number of hydrogen-bond acceptors (Lipinski definition) is 4. The van der Waals surface area contributed by atoms with Crippen molar-refractivity contribution in [2.75, 3.05) is 6.35 Å². The van der Waals surface area contributed by atoms with E-state index in [0.717, 1.165) is 0 Å². The lowest BCUT2D eigenvalue weighted by Crippen LogP contribution is -2.08. The quantitative estimate of drug-likeness (QED) is 0.637. The summed E-state index contributed by atoms with van der Waals surface area (Å²) in [5.74, 6) is 0. The van der Waals surface area contributed by atoms with Crippen molar-refractivity contribution in [3.8, 4) is 0 Å². The van der Waals surface area contributed by atoms with E-state index in [1.54, 1.807) is 6.07 Å². The summed E-state index contributed by atoms with van der Waals surface area (Å²) in [5.41, 5.74) is 0. The van der Waals surface area contributed by atoms with Crippen LogP contribution in [0.2, 0.25) is 0 Å². The summed E-state index contributed by atoms with van der Waals surface area (Å²) in [4.78, 5) is 16.8. The first-order valence-electron chi connectivity index (χ1n) is 3.91. The van der Waals surface area contributed by atoms with Crippen LogP contribution in [0.4, 0.5) is 0 Å². The second-order valence-electron chi connectivity index (χ2n) is 2.80. The van der Waals surface area contributed by atoms with E-state index in [1.165, 1.54) is 18.2 Å². The minimum absolute atomic E-state index is 0.177. The highest BCUT2D eigenvalue weighted by molar-refractivity contribution is 9.10. The highest BCUT2D eigenvalue weighted by Crippen LogP contribution is 2.36. The first-order valence-corrected chi connectivity index (χ1v) is 7.91. The van der Waals surface area contributed by atoms with E-state index >= 15 is 0 Å². The van der Waals surface area contributed by atoms with Crippen molar-refractivity contribution in [3.05, 3.63) is 28.7 Å². The summed E-state index contributed by atoms with van der Waals surface area (Å²) in [6, 6.07) is 5.82. The fourth-order valence-corrected chi connectivity index (χ4v) is 3.51. The van der Waals surface area contributed by atoms with Gasteiger partial charge in [0.05, 0.1) is 0 Å². The molecule has 9 heteroatoms. The van der Waals surface area contributed by atoms with Gasteiger partial charge in [-0.3, -0.25) is 8.75 Å². The van der Waals surface area contributed by atoms with Crippen LogP contribution < -0.4 is 0 Å². The molecule has 1 aromatic carbocycles. The van der Waals surface area contributed by atoms with Crippen molar-refractivity contribution < 1.29 is 27.0 Å². The lowest BCUT2D eigenvalue weighted by Gasteiger charge is -2.07. The van der Waals surface area contributed by atoms with Crippen LogP contribution in [0.15, 0.2) is 33.6 Å². The van der Waals surface area contributed by atoms with E-state index in [2.05, 4.69) is 20.1 Å². The largest absolute Gasteiger partial charge is 0.352 e. The van der Waals surface area contributed by atoms with E-state index in [0.29, 0.717) is 0 Å². The van der Waals surface area contributed by atoms with Gasteiger partial charge in [-0.1, -0.05) is 12.1 Å². The molecule has 2 N–H and O–H groups in total. The zero-order valence-electron chi connectivity index (χ0n) is 7.78. The molecular formula is C7H8BrO6PS. The Balaban J connectivity index is 2.96. The fourth-order valence-electron chi connectivity index (χ4n) is 0.849. The molecular weight excluding hydrogens is 323 g/mol. The van der Waals surface area contributed by atoms with Crippen LogP contribution in [-0.2, 0) is 18.9 Å². The molecule has 0 radical (unpaired) electrons. The maximum Gasteiger partial charge on any atom is 0.352 e. The van der Waals surface area contributed by atoms with E-state index in [9.17, 15) is 13.0 Å². The van der Waals surface area contributed by atoms with Crippen LogP contribution in [-0.4, -0.2) is 24.6 Å². The number of rotatable bonds is 4. The standard InChI is InChI=1S/C7H8BrO6PS/c8-6-3-1-2-4-7(6)16(12,13)14-5-15(9,10)11/h1-4H,5H2,(H2,9,10,11). The molecule has 0 saturated carbocycles. The molecule has 0 aliphatic carbocycles. The summed E-state index contributed by atoms with van der Waals surface area (Å²) in [6.07, 6.45) is -1.17. The maximum atomic E-state index is 11.5. The molecule has 0 aliphatic rings. The highest BCUT2D eigenvalue weighted by Gasteiger charge is 2.23. The molecule has 0 unspecified atom stereocenters. The zero-order valence-corrected chi connectivity index (χ0v) is 11.1. The molecule has 0 fully saturated rings. The van der Waals surface area contributed by atoms with Crippen molar-refractivity contribution in [2.45, 2.75) is 4.90 Å². The molecule has 0 saturated heterocycles. The molecule has 0 atom stereocenters. The molecule has 0 aliphatic heterocycles. The van der Waals surface area contributed by atoms with Gasteiger partial charge in [-0.15, -0.1) is 0 Å². The molecule has 6 nitrogen and oxygen atoms in total. The normalized spacial score (nSPS) is 12.7. The van der Waals surface area contributed by atoms with Crippen LogP contribution >= 0.6 is 23.5 Å².